The highest BCUT2D eigenvalue weighted by Gasteiger charge is 2.20. The Kier molecular flexibility index (Phi) is 4.92. The van der Waals surface area contributed by atoms with Crippen molar-refractivity contribution in [2.75, 3.05) is 19.8 Å². The van der Waals surface area contributed by atoms with Crippen LogP contribution >= 0.6 is 0 Å². The quantitative estimate of drug-likeness (QED) is 0.819. The second-order valence-corrected chi connectivity index (χ2v) is 5.44. The molecular weight excluding hydrogens is 296 g/mol. The molecule has 1 amide bonds. The third-order valence-electron chi connectivity index (χ3n) is 3.78. The lowest BCUT2D eigenvalue weighted by atomic mass is 10.2. The monoisotopic (exact) mass is 316 g/mol. The van der Waals surface area contributed by atoms with Gasteiger partial charge in [0.2, 0.25) is 5.88 Å². The van der Waals surface area contributed by atoms with Crippen LogP contribution in [0.2, 0.25) is 0 Å². The third kappa shape index (κ3) is 3.90. The fourth-order valence-corrected chi connectivity index (χ4v) is 2.50. The average Bonchev–Trinajstić information content (AvgIpc) is 3.26. The standard InChI is InChI=1S/C17H20N2O4/c1-2-19(10-13-4-7-21-11-13)17(20)14-3-6-18-16(9-14)23-15-5-8-22-12-15/h3-4,6-7,9,11,15H,2,5,8,10,12H2,1H3. The van der Waals surface area contributed by atoms with Crippen molar-refractivity contribution in [3.63, 3.8) is 0 Å². The number of furan rings is 1. The summed E-state index contributed by atoms with van der Waals surface area (Å²) in [5.41, 5.74) is 1.54. The van der Waals surface area contributed by atoms with Crippen LogP contribution in [0.5, 0.6) is 5.88 Å². The Balaban J connectivity index is 1.70. The predicted molar refractivity (Wildman–Crippen MR) is 83.2 cm³/mol. The smallest absolute Gasteiger partial charge is 0.254 e. The Bertz CT molecular complexity index is 636. The molecular formula is C17H20N2O4. The van der Waals surface area contributed by atoms with Crippen LogP contribution < -0.4 is 4.74 Å². The van der Waals surface area contributed by atoms with Crippen molar-refractivity contribution in [2.45, 2.75) is 26.0 Å². The van der Waals surface area contributed by atoms with Crippen LogP contribution in [0.3, 0.4) is 0 Å². The summed E-state index contributed by atoms with van der Waals surface area (Å²) in [6.45, 7) is 4.35. The maximum atomic E-state index is 12.7. The SMILES string of the molecule is CCN(Cc1ccoc1)C(=O)c1ccnc(OC2CCOC2)c1. The van der Waals surface area contributed by atoms with Crippen LogP contribution in [-0.4, -0.2) is 41.7 Å². The minimum absolute atomic E-state index is 0.0149. The van der Waals surface area contributed by atoms with E-state index in [0.29, 0.717) is 37.7 Å². The Hall–Kier alpha value is -2.34. The lowest BCUT2D eigenvalue weighted by molar-refractivity contribution is 0.0751. The molecule has 23 heavy (non-hydrogen) atoms. The number of hydrogen-bond donors (Lipinski definition) is 0. The van der Waals surface area contributed by atoms with E-state index in [-0.39, 0.29) is 12.0 Å². The van der Waals surface area contributed by atoms with Crippen molar-refractivity contribution in [3.8, 4) is 5.88 Å². The molecule has 0 saturated carbocycles. The molecule has 0 N–H and O–H groups in total. The lowest BCUT2D eigenvalue weighted by Crippen LogP contribution is -2.30. The number of pyridine rings is 1. The highest BCUT2D eigenvalue weighted by molar-refractivity contribution is 5.94. The minimum atomic E-state index is -0.0522. The third-order valence-corrected chi connectivity index (χ3v) is 3.78. The van der Waals surface area contributed by atoms with E-state index in [2.05, 4.69) is 4.98 Å². The Morgan fingerprint density at radius 3 is 3.09 bits per heavy atom. The molecule has 2 aromatic rings. The van der Waals surface area contributed by atoms with Crippen LogP contribution in [0.1, 0.15) is 29.3 Å². The van der Waals surface area contributed by atoms with Gasteiger partial charge in [-0.15, -0.1) is 0 Å². The van der Waals surface area contributed by atoms with Gasteiger partial charge in [-0.05, 0) is 19.1 Å². The van der Waals surface area contributed by atoms with E-state index >= 15 is 0 Å². The summed E-state index contributed by atoms with van der Waals surface area (Å²) in [6, 6.07) is 5.26. The fourth-order valence-electron chi connectivity index (χ4n) is 2.50. The number of aromatic nitrogens is 1. The van der Waals surface area contributed by atoms with Gasteiger partial charge in [0, 0.05) is 42.9 Å². The molecule has 2 aromatic heterocycles. The molecule has 0 aliphatic carbocycles. The van der Waals surface area contributed by atoms with E-state index in [1.54, 1.807) is 35.8 Å². The first-order valence-corrected chi connectivity index (χ1v) is 7.77. The van der Waals surface area contributed by atoms with Crippen molar-refractivity contribution in [1.82, 2.24) is 9.88 Å². The van der Waals surface area contributed by atoms with Gasteiger partial charge in [0.05, 0.1) is 25.7 Å². The molecule has 1 unspecified atom stereocenters. The summed E-state index contributed by atoms with van der Waals surface area (Å²) in [5, 5.41) is 0. The first-order valence-electron chi connectivity index (χ1n) is 7.77. The maximum Gasteiger partial charge on any atom is 0.254 e. The molecule has 6 heteroatoms. The highest BCUT2D eigenvalue weighted by Crippen LogP contribution is 2.17. The second-order valence-electron chi connectivity index (χ2n) is 5.44. The molecule has 1 saturated heterocycles. The van der Waals surface area contributed by atoms with Crippen LogP contribution in [0.25, 0.3) is 0 Å². The predicted octanol–water partition coefficient (Wildman–Crippen LogP) is 2.50. The van der Waals surface area contributed by atoms with Crippen molar-refractivity contribution in [2.24, 2.45) is 0 Å². The van der Waals surface area contributed by atoms with Crippen LogP contribution in [0.15, 0.2) is 41.3 Å². The molecule has 0 bridgehead atoms. The van der Waals surface area contributed by atoms with Gasteiger partial charge in [-0.3, -0.25) is 4.79 Å². The molecule has 122 valence electrons. The van der Waals surface area contributed by atoms with E-state index in [0.717, 1.165) is 12.0 Å². The number of carbonyl (C=O) groups is 1. The molecule has 1 fully saturated rings. The van der Waals surface area contributed by atoms with Gasteiger partial charge in [-0.25, -0.2) is 4.98 Å². The van der Waals surface area contributed by atoms with Gasteiger partial charge < -0.3 is 18.8 Å². The number of nitrogens with zero attached hydrogens (tertiary/aromatic N) is 2. The molecule has 1 atom stereocenters. The summed E-state index contributed by atoms with van der Waals surface area (Å²) in [4.78, 5) is 18.6. The Labute approximate surface area is 135 Å². The van der Waals surface area contributed by atoms with Gasteiger partial charge in [0.1, 0.15) is 6.10 Å². The Morgan fingerprint density at radius 1 is 1.48 bits per heavy atom. The summed E-state index contributed by atoms with van der Waals surface area (Å²) in [5.74, 6) is 0.411. The first-order chi connectivity index (χ1) is 11.3. The van der Waals surface area contributed by atoms with E-state index < -0.39 is 0 Å². The normalized spacial score (nSPS) is 17.2. The van der Waals surface area contributed by atoms with Gasteiger partial charge in [-0.2, -0.15) is 0 Å². The number of carbonyl (C=O) groups excluding carboxylic acids is 1. The van der Waals surface area contributed by atoms with Crippen LogP contribution in [-0.2, 0) is 11.3 Å². The van der Waals surface area contributed by atoms with Crippen LogP contribution in [0, 0.1) is 0 Å². The number of amides is 1. The summed E-state index contributed by atoms with van der Waals surface area (Å²) < 4.78 is 16.1. The molecule has 6 nitrogen and oxygen atoms in total. The first kappa shape index (κ1) is 15.6. The van der Waals surface area contributed by atoms with Gasteiger partial charge in [0.15, 0.2) is 0 Å². The zero-order valence-electron chi connectivity index (χ0n) is 13.1. The largest absolute Gasteiger partial charge is 0.472 e. The summed E-state index contributed by atoms with van der Waals surface area (Å²) in [7, 11) is 0. The summed E-state index contributed by atoms with van der Waals surface area (Å²) in [6.07, 6.45) is 5.72. The highest BCUT2D eigenvalue weighted by atomic mass is 16.5. The second kappa shape index (κ2) is 7.28. The minimum Gasteiger partial charge on any atom is -0.472 e. The molecule has 0 radical (unpaired) electrons. The lowest BCUT2D eigenvalue weighted by Gasteiger charge is -2.20. The van der Waals surface area contributed by atoms with Gasteiger partial charge in [-0.1, -0.05) is 0 Å². The maximum absolute atomic E-state index is 12.7. The molecule has 3 rings (SSSR count). The van der Waals surface area contributed by atoms with E-state index in [9.17, 15) is 4.79 Å². The van der Waals surface area contributed by atoms with Gasteiger partial charge >= 0.3 is 0 Å². The van der Waals surface area contributed by atoms with Crippen molar-refractivity contribution < 1.29 is 18.7 Å². The average molecular weight is 316 g/mol. The molecule has 1 aliphatic rings. The van der Waals surface area contributed by atoms with Crippen molar-refractivity contribution in [1.29, 1.82) is 0 Å². The molecule has 3 heterocycles. The number of ether oxygens (including phenoxy) is 2. The Morgan fingerprint density at radius 2 is 2.39 bits per heavy atom. The number of rotatable bonds is 6. The molecule has 1 aliphatic heterocycles. The summed E-state index contributed by atoms with van der Waals surface area (Å²) >= 11 is 0. The van der Waals surface area contributed by atoms with Crippen LogP contribution in [0.4, 0.5) is 0 Å². The topological polar surface area (TPSA) is 64.8 Å². The van der Waals surface area contributed by atoms with E-state index in [4.69, 9.17) is 13.9 Å². The molecule has 0 aromatic carbocycles. The van der Waals surface area contributed by atoms with Gasteiger partial charge in [0.25, 0.3) is 5.91 Å². The number of hydrogen-bond acceptors (Lipinski definition) is 5. The van der Waals surface area contributed by atoms with Crippen molar-refractivity contribution >= 4 is 5.91 Å². The van der Waals surface area contributed by atoms with Crippen molar-refractivity contribution in [3.05, 3.63) is 48.0 Å². The zero-order chi connectivity index (χ0) is 16.1. The van der Waals surface area contributed by atoms with E-state index in [1.807, 2.05) is 13.0 Å². The molecule has 0 spiro atoms. The zero-order valence-corrected chi connectivity index (χ0v) is 13.1. The van der Waals surface area contributed by atoms with E-state index in [1.165, 1.54) is 0 Å². The fraction of sp³-hybridized carbons (Fsp3) is 0.412.